The van der Waals surface area contributed by atoms with Crippen molar-refractivity contribution in [3.63, 3.8) is 0 Å². The first-order valence-electron chi connectivity index (χ1n) is 5.73. The molecular weight excluding hydrogens is 235 g/mol. The first kappa shape index (κ1) is 9.51. The van der Waals surface area contributed by atoms with Gasteiger partial charge in [0.1, 0.15) is 12.2 Å². The largest absolute Gasteiger partial charge is 0.394 e. The van der Waals surface area contributed by atoms with Gasteiger partial charge in [0.25, 0.3) is 5.56 Å². The summed E-state index contributed by atoms with van der Waals surface area (Å²) in [5.41, 5.74) is -1.66. The van der Waals surface area contributed by atoms with Crippen LogP contribution in [0.4, 0.5) is 4.39 Å². The van der Waals surface area contributed by atoms with Gasteiger partial charge in [-0.1, -0.05) is 0 Å². The van der Waals surface area contributed by atoms with Crippen molar-refractivity contribution < 1.29 is 22.1 Å². The summed E-state index contributed by atoms with van der Waals surface area (Å²) in [6, 6.07) is 0.949. The second kappa shape index (κ2) is 4.40. The molecule has 2 rings (SSSR count). The molecule has 0 radical (unpaired) electrons. The van der Waals surface area contributed by atoms with Gasteiger partial charge in [0.15, 0.2) is 12.4 Å². The van der Waals surface area contributed by atoms with E-state index >= 15 is 0 Å². The van der Waals surface area contributed by atoms with Crippen LogP contribution in [-0.4, -0.2) is 44.7 Å². The highest BCUT2D eigenvalue weighted by Gasteiger charge is 2.45. The first-order chi connectivity index (χ1) is 8.71. The number of rotatable bonds is 2. The van der Waals surface area contributed by atoms with Crippen molar-refractivity contribution in [2.24, 2.45) is 0 Å². The highest BCUT2D eigenvalue weighted by atomic mass is 19.1. The average Bonchev–Trinajstić information content (AvgIpc) is 2.56. The second-order valence-electron chi connectivity index (χ2n) is 3.53. The topological polar surface area (TPSA) is 105 Å². The van der Waals surface area contributed by atoms with E-state index in [0.717, 1.165) is 12.3 Å². The Morgan fingerprint density at radius 1 is 1.65 bits per heavy atom. The van der Waals surface area contributed by atoms with E-state index in [-0.39, 0.29) is 0 Å². The van der Waals surface area contributed by atoms with Gasteiger partial charge in [-0.3, -0.25) is 14.3 Å². The summed E-state index contributed by atoms with van der Waals surface area (Å²) in [7, 11) is 0. The molecule has 1 aromatic heterocycles. The molecule has 1 aromatic rings. The lowest BCUT2D eigenvalue weighted by Crippen LogP contribution is -2.35. The Morgan fingerprint density at radius 2 is 2.35 bits per heavy atom. The van der Waals surface area contributed by atoms with E-state index in [4.69, 9.17) is 12.6 Å². The molecule has 1 aliphatic heterocycles. The van der Waals surface area contributed by atoms with Gasteiger partial charge in [-0.05, 0) is 0 Å². The summed E-state index contributed by atoms with van der Waals surface area (Å²) in [6.45, 7) is -2.97. The number of hydrogen-bond donors (Lipinski definition) is 3. The third-order valence-electron chi connectivity index (χ3n) is 2.45. The summed E-state index contributed by atoms with van der Waals surface area (Å²) in [5, 5.41) is 18.6. The Labute approximate surface area is 96.9 Å². The number of aromatic amines is 1. The van der Waals surface area contributed by atoms with Gasteiger partial charge in [-0.2, -0.15) is 0 Å². The number of H-pyrrole nitrogens is 1. The minimum absolute atomic E-state index is 0.668. The molecule has 1 aliphatic rings. The molecule has 4 atom stereocenters. The normalized spacial score (nSPS) is 35.5. The minimum Gasteiger partial charge on any atom is -0.394 e. The van der Waals surface area contributed by atoms with Gasteiger partial charge < -0.3 is 14.9 Å². The molecule has 94 valence electrons. The van der Waals surface area contributed by atoms with Gasteiger partial charge in [-0.25, -0.2) is 9.18 Å². The van der Waals surface area contributed by atoms with E-state index in [0.29, 0.717) is 4.57 Å². The Balaban J connectivity index is 2.37. The SMILES string of the molecule is [2H]C([2H])(O)[C@H]1O[C@@H](n2ccc(=O)[nH]c2=O)C(F)[C@H]1O. The lowest BCUT2D eigenvalue weighted by Gasteiger charge is -2.15. The molecule has 0 saturated carbocycles. The van der Waals surface area contributed by atoms with E-state index in [2.05, 4.69) is 0 Å². The van der Waals surface area contributed by atoms with Crippen molar-refractivity contribution >= 4 is 0 Å². The first-order valence-corrected chi connectivity index (χ1v) is 4.73. The molecule has 1 fully saturated rings. The number of aromatic nitrogens is 2. The second-order valence-corrected chi connectivity index (χ2v) is 3.53. The quantitative estimate of drug-likeness (QED) is 0.568. The summed E-state index contributed by atoms with van der Waals surface area (Å²) >= 11 is 0. The number of aliphatic hydroxyl groups excluding tert-OH is 1. The standard InChI is InChI=1S/C9H11FN2O5/c10-6-7(15)4(3-13)17-8(6)12-2-1-5(14)11-9(12)16/h1-2,4,6-8,13,15H,3H2,(H,11,14,16)/t4-,6?,7+,8-/m1/s1/i3D2. The fourth-order valence-corrected chi connectivity index (χ4v) is 1.59. The molecule has 0 aromatic carbocycles. The molecule has 2 heterocycles. The molecule has 17 heavy (non-hydrogen) atoms. The fourth-order valence-electron chi connectivity index (χ4n) is 1.59. The molecular formula is C9H11FN2O5. The van der Waals surface area contributed by atoms with Crippen molar-refractivity contribution in [3.05, 3.63) is 33.1 Å². The molecule has 3 N–H and O–H groups in total. The van der Waals surface area contributed by atoms with Gasteiger partial charge in [-0.15, -0.1) is 0 Å². The van der Waals surface area contributed by atoms with Crippen LogP contribution in [0.15, 0.2) is 21.9 Å². The third kappa shape index (κ3) is 2.02. The summed E-state index contributed by atoms with van der Waals surface area (Å²) in [4.78, 5) is 24.2. The lowest BCUT2D eigenvalue weighted by atomic mass is 10.1. The monoisotopic (exact) mass is 248 g/mol. The number of ether oxygens (including phenoxy) is 1. The van der Waals surface area contributed by atoms with E-state index in [1.54, 1.807) is 0 Å². The molecule has 0 spiro atoms. The minimum atomic E-state index is -2.97. The van der Waals surface area contributed by atoms with Gasteiger partial charge in [0.2, 0.25) is 0 Å². The smallest absolute Gasteiger partial charge is 0.330 e. The van der Waals surface area contributed by atoms with Crippen molar-refractivity contribution in [2.75, 3.05) is 6.56 Å². The van der Waals surface area contributed by atoms with Crippen LogP contribution in [0.25, 0.3) is 0 Å². The summed E-state index contributed by atoms with van der Waals surface area (Å²) < 4.78 is 33.4. The number of alkyl halides is 1. The van der Waals surface area contributed by atoms with Crippen LogP contribution in [-0.2, 0) is 4.74 Å². The van der Waals surface area contributed by atoms with E-state index < -0.39 is 42.4 Å². The molecule has 1 unspecified atom stereocenters. The lowest BCUT2D eigenvalue weighted by molar-refractivity contribution is -0.0491. The van der Waals surface area contributed by atoms with Crippen molar-refractivity contribution in [3.8, 4) is 0 Å². The number of nitrogens with zero attached hydrogens (tertiary/aromatic N) is 1. The predicted molar refractivity (Wildman–Crippen MR) is 53.2 cm³/mol. The van der Waals surface area contributed by atoms with Gasteiger partial charge >= 0.3 is 5.69 Å². The average molecular weight is 248 g/mol. The third-order valence-corrected chi connectivity index (χ3v) is 2.45. The van der Waals surface area contributed by atoms with Crippen LogP contribution in [0.2, 0.25) is 0 Å². The molecule has 8 heteroatoms. The van der Waals surface area contributed by atoms with E-state index in [9.17, 15) is 19.1 Å². The number of aliphatic hydroxyl groups is 2. The molecule has 0 amide bonds. The molecule has 7 nitrogen and oxygen atoms in total. The zero-order valence-electron chi connectivity index (χ0n) is 10.4. The van der Waals surface area contributed by atoms with Crippen LogP contribution in [0, 0.1) is 0 Å². The highest BCUT2D eigenvalue weighted by Crippen LogP contribution is 2.30. The van der Waals surface area contributed by atoms with E-state index in [1.807, 2.05) is 4.98 Å². The zero-order valence-corrected chi connectivity index (χ0v) is 8.41. The predicted octanol–water partition coefficient (Wildman–Crippen LogP) is -1.87. The Kier molecular flexibility index (Phi) is 2.46. The van der Waals surface area contributed by atoms with Gasteiger partial charge in [0.05, 0.1) is 9.30 Å². The van der Waals surface area contributed by atoms with Crippen LogP contribution < -0.4 is 11.2 Å². The summed E-state index contributed by atoms with van der Waals surface area (Å²) in [6.07, 6.45) is -6.59. The maximum atomic E-state index is 13.8. The highest BCUT2D eigenvalue weighted by molar-refractivity contribution is 4.93. The molecule has 0 bridgehead atoms. The van der Waals surface area contributed by atoms with Crippen LogP contribution >= 0.6 is 0 Å². The Hall–Kier alpha value is -1.51. The number of nitrogens with one attached hydrogen (secondary N) is 1. The maximum Gasteiger partial charge on any atom is 0.330 e. The van der Waals surface area contributed by atoms with Crippen molar-refractivity contribution in [1.29, 1.82) is 0 Å². The Morgan fingerprint density at radius 3 is 2.88 bits per heavy atom. The number of hydrogen-bond acceptors (Lipinski definition) is 5. The summed E-state index contributed by atoms with van der Waals surface area (Å²) in [5.74, 6) is 0. The zero-order chi connectivity index (χ0) is 14.4. The van der Waals surface area contributed by atoms with Gasteiger partial charge in [0, 0.05) is 12.3 Å². The van der Waals surface area contributed by atoms with Crippen molar-refractivity contribution in [1.82, 2.24) is 9.55 Å². The van der Waals surface area contributed by atoms with Crippen LogP contribution in [0.5, 0.6) is 0 Å². The van der Waals surface area contributed by atoms with Crippen LogP contribution in [0.3, 0.4) is 0 Å². The molecule has 1 saturated heterocycles. The van der Waals surface area contributed by atoms with E-state index in [1.165, 1.54) is 0 Å². The maximum absolute atomic E-state index is 13.8. The van der Waals surface area contributed by atoms with Crippen LogP contribution in [0.1, 0.15) is 8.97 Å². The Bertz CT molecular complexity index is 583. The number of halogens is 1. The van der Waals surface area contributed by atoms with Crippen molar-refractivity contribution in [2.45, 2.75) is 24.6 Å². The molecule has 0 aliphatic carbocycles. The fraction of sp³-hybridized carbons (Fsp3) is 0.556.